The molecule has 0 unspecified atom stereocenters. The molecule has 24 heavy (non-hydrogen) atoms. The molecule has 1 aliphatic carbocycles. The molecule has 0 radical (unpaired) electrons. The van der Waals surface area contributed by atoms with E-state index in [1.165, 1.54) is 37.9 Å². The molecule has 0 bridgehead atoms. The van der Waals surface area contributed by atoms with Gasteiger partial charge in [-0.25, -0.2) is 0 Å². The van der Waals surface area contributed by atoms with Crippen molar-refractivity contribution < 1.29 is 0 Å². The summed E-state index contributed by atoms with van der Waals surface area (Å²) in [5, 5.41) is 6.27. The molecule has 4 rings (SSSR count). The summed E-state index contributed by atoms with van der Waals surface area (Å²) in [6.45, 7) is 5.72. The number of fused-ring (bicyclic) bond motifs is 1. The van der Waals surface area contributed by atoms with Crippen molar-refractivity contribution in [2.75, 3.05) is 13.1 Å². The van der Waals surface area contributed by atoms with Crippen molar-refractivity contribution in [3.05, 3.63) is 52.0 Å². The van der Waals surface area contributed by atoms with Crippen molar-refractivity contribution in [1.29, 1.82) is 0 Å². The summed E-state index contributed by atoms with van der Waals surface area (Å²) in [7, 11) is 0. The Hall–Kier alpha value is -1.23. The first kappa shape index (κ1) is 16.2. The molecule has 1 aliphatic heterocycles. The minimum absolute atomic E-state index is 0.579. The average Bonchev–Trinajstić information content (AvgIpc) is 3.08. The molecule has 3 atom stereocenters. The molecule has 3 heterocycles. The van der Waals surface area contributed by atoms with E-state index in [1.54, 1.807) is 10.4 Å². The molecule has 2 aliphatic rings. The van der Waals surface area contributed by atoms with E-state index < -0.39 is 0 Å². The molecule has 0 saturated carbocycles. The van der Waals surface area contributed by atoms with Crippen molar-refractivity contribution in [2.24, 2.45) is 5.92 Å². The molecule has 1 N–H and O–H groups in total. The first-order valence-corrected chi connectivity index (χ1v) is 10.1. The van der Waals surface area contributed by atoms with Crippen LogP contribution in [0.5, 0.6) is 0 Å². The average molecular weight is 342 g/mol. The third-order valence-corrected chi connectivity index (χ3v) is 6.56. The fraction of sp³-hybridized carbons (Fsp3) is 0.550. The first-order chi connectivity index (χ1) is 11.8. The van der Waals surface area contributed by atoms with Crippen LogP contribution in [0, 0.1) is 5.92 Å². The number of rotatable bonds is 4. The minimum Gasteiger partial charge on any atom is -0.307 e. The van der Waals surface area contributed by atoms with E-state index in [0.29, 0.717) is 18.0 Å². The highest BCUT2D eigenvalue weighted by atomic mass is 32.1. The number of hydrogen-bond donors (Lipinski definition) is 1. The van der Waals surface area contributed by atoms with Crippen molar-refractivity contribution in [2.45, 2.75) is 51.2 Å². The topological polar surface area (TPSA) is 28.2 Å². The van der Waals surface area contributed by atoms with Gasteiger partial charge in [-0.1, -0.05) is 13.0 Å². The van der Waals surface area contributed by atoms with Crippen LogP contribution in [0.3, 0.4) is 0 Å². The van der Waals surface area contributed by atoms with Crippen LogP contribution in [-0.2, 0) is 13.0 Å². The van der Waals surface area contributed by atoms with E-state index in [-0.39, 0.29) is 0 Å². The normalized spacial score (nSPS) is 27.8. The van der Waals surface area contributed by atoms with E-state index in [2.05, 4.69) is 45.7 Å². The zero-order chi connectivity index (χ0) is 16.4. The van der Waals surface area contributed by atoms with Crippen LogP contribution < -0.4 is 5.32 Å². The Kier molecular flexibility index (Phi) is 4.97. The Bertz CT molecular complexity index is 654. The lowest BCUT2D eigenvalue weighted by atomic mass is 9.89. The number of aromatic nitrogens is 1. The number of aryl methyl sites for hydroxylation is 1. The molecular weight excluding hydrogens is 314 g/mol. The second-order valence-corrected chi connectivity index (χ2v) is 8.34. The minimum atomic E-state index is 0.579. The van der Waals surface area contributed by atoms with Gasteiger partial charge in [-0.05, 0) is 60.7 Å². The van der Waals surface area contributed by atoms with E-state index in [9.17, 15) is 0 Å². The lowest BCUT2D eigenvalue weighted by Crippen LogP contribution is -2.49. The standard InChI is InChI=1S/C20H27N3S/c1-15-13-23(14-16-5-2-3-10-21-16)11-8-18(15)22-19-6-4-7-20-17(19)9-12-24-20/h2-3,5,9-10,12,15,18-19,22H,4,6-8,11,13-14H2,1H3/t15-,18+,19+/m1/s1. The van der Waals surface area contributed by atoms with Gasteiger partial charge in [0.05, 0.1) is 5.69 Å². The number of likely N-dealkylation sites (tertiary alicyclic amines) is 1. The Balaban J connectivity index is 1.34. The zero-order valence-corrected chi connectivity index (χ0v) is 15.3. The molecule has 2 aromatic rings. The fourth-order valence-corrected chi connectivity index (χ4v) is 5.25. The van der Waals surface area contributed by atoms with Crippen molar-refractivity contribution in [3.63, 3.8) is 0 Å². The van der Waals surface area contributed by atoms with E-state index >= 15 is 0 Å². The first-order valence-electron chi connectivity index (χ1n) is 9.24. The number of pyridine rings is 1. The third-order valence-electron chi connectivity index (χ3n) is 5.57. The molecule has 1 saturated heterocycles. The van der Waals surface area contributed by atoms with Gasteiger partial charge >= 0.3 is 0 Å². The molecule has 1 fully saturated rings. The van der Waals surface area contributed by atoms with Crippen LogP contribution in [0.15, 0.2) is 35.8 Å². The monoisotopic (exact) mass is 341 g/mol. The third kappa shape index (κ3) is 3.56. The van der Waals surface area contributed by atoms with Gasteiger partial charge in [-0.15, -0.1) is 11.3 Å². The second kappa shape index (κ2) is 7.34. The molecule has 128 valence electrons. The number of thiophene rings is 1. The zero-order valence-electron chi connectivity index (χ0n) is 14.4. The number of nitrogens with one attached hydrogen (secondary N) is 1. The summed E-state index contributed by atoms with van der Waals surface area (Å²) in [4.78, 5) is 8.64. The summed E-state index contributed by atoms with van der Waals surface area (Å²) in [6.07, 6.45) is 7.05. The maximum atomic E-state index is 4.47. The van der Waals surface area contributed by atoms with Gasteiger partial charge in [0.15, 0.2) is 0 Å². The molecule has 0 amide bonds. The number of hydrogen-bond acceptors (Lipinski definition) is 4. The molecular formula is C20H27N3S. The van der Waals surface area contributed by atoms with Crippen LogP contribution in [0.2, 0.25) is 0 Å². The lowest BCUT2D eigenvalue weighted by Gasteiger charge is -2.39. The van der Waals surface area contributed by atoms with Crippen LogP contribution in [0.4, 0.5) is 0 Å². The van der Waals surface area contributed by atoms with Gasteiger partial charge in [0, 0.05) is 42.8 Å². The second-order valence-electron chi connectivity index (χ2n) is 7.34. The molecule has 4 heteroatoms. The Morgan fingerprint density at radius 3 is 3.08 bits per heavy atom. The lowest BCUT2D eigenvalue weighted by molar-refractivity contribution is 0.131. The van der Waals surface area contributed by atoms with Gasteiger partial charge < -0.3 is 5.32 Å². The van der Waals surface area contributed by atoms with Gasteiger partial charge in [-0.3, -0.25) is 9.88 Å². The molecule has 2 aromatic heterocycles. The van der Waals surface area contributed by atoms with Gasteiger partial charge in [0.2, 0.25) is 0 Å². The number of piperidine rings is 1. The maximum absolute atomic E-state index is 4.47. The Labute approximate surface area is 149 Å². The van der Waals surface area contributed by atoms with E-state index in [1.807, 2.05) is 23.6 Å². The van der Waals surface area contributed by atoms with Crippen LogP contribution in [0.1, 0.15) is 48.4 Å². The van der Waals surface area contributed by atoms with Crippen LogP contribution >= 0.6 is 11.3 Å². The van der Waals surface area contributed by atoms with Gasteiger partial charge in [0.1, 0.15) is 0 Å². The summed E-state index contributed by atoms with van der Waals surface area (Å²) < 4.78 is 0. The van der Waals surface area contributed by atoms with Crippen molar-refractivity contribution in [3.8, 4) is 0 Å². The Morgan fingerprint density at radius 1 is 1.29 bits per heavy atom. The number of nitrogens with zero attached hydrogens (tertiary/aromatic N) is 2. The van der Waals surface area contributed by atoms with Gasteiger partial charge in [0.25, 0.3) is 0 Å². The fourth-order valence-electron chi connectivity index (χ4n) is 4.26. The van der Waals surface area contributed by atoms with Crippen LogP contribution in [0.25, 0.3) is 0 Å². The molecule has 0 spiro atoms. The molecule has 3 nitrogen and oxygen atoms in total. The van der Waals surface area contributed by atoms with E-state index in [0.717, 1.165) is 13.1 Å². The predicted molar refractivity (Wildman–Crippen MR) is 100 cm³/mol. The van der Waals surface area contributed by atoms with Crippen LogP contribution in [-0.4, -0.2) is 29.0 Å². The van der Waals surface area contributed by atoms with Crippen molar-refractivity contribution in [1.82, 2.24) is 15.2 Å². The summed E-state index contributed by atoms with van der Waals surface area (Å²) >= 11 is 1.94. The smallest absolute Gasteiger partial charge is 0.0543 e. The maximum Gasteiger partial charge on any atom is 0.0543 e. The SMILES string of the molecule is C[C@@H]1CN(Cc2ccccn2)CC[C@@H]1N[C@H]1CCCc2sccc21. The summed E-state index contributed by atoms with van der Waals surface area (Å²) in [5.74, 6) is 0.687. The molecule has 0 aromatic carbocycles. The van der Waals surface area contributed by atoms with Crippen molar-refractivity contribution >= 4 is 11.3 Å². The highest BCUT2D eigenvalue weighted by molar-refractivity contribution is 7.10. The highest BCUT2D eigenvalue weighted by Crippen LogP contribution is 2.34. The highest BCUT2D eigenvalue weighted by Gasteiger charge is 2.30. The largest absolute Gasteiger partial charge is 0.307 e. The van der Waals surface area contributed by atoms with E-state index in [4.69, 9.17) is 0 Å². The summed E-state index contributed by atoms with van der Waals surface area (Å²) in [5.41, 5.74) is 2.76. The quantitative estimate of drug-likeness (QED) is 0.910. The van der Waals surface area contributed by atoms with Gasteiger partial charge in [-0.2, -0.15) is 0 Å². The Morgan fingerprint density at radius 2 is 2.25 bits per heavy atom. The predicted octanol–water partition coefficient (Wildman–Crippen LogP) is 4.02. The summed E-state index contributed by atoms with van der Waals surface area (Å²) in [6, 6.07) is 9.77.